The summed E-state index contributed by atoms with van der Waals surface area (Å²) in [6, 6.07) is 1.83. The van der Waals surface area contributed by atoms with E-state index in [2.05, 4.69) is 16.9 Å². The van der Waals surface area contributed by atoms with Crippen LogP contribution in [0.15, 0.2) is 21.7 Å². The van der Waals surface area contributed by atoms with Gasteiger partial charge in [0.25, 0.3) is 0 Å². The molecule has 12 heavy (non-hydrogen) atoms. The SMILES string of the molecule is C=c1occ/c1=C(/N=C\C)NC. The standard InChI is InChI=1S/C9H12N2O/c1-4-11-9(10-3)8-5-6-12-7(8)2/h4-6,10H,2H2,1,3H3/b9-8-,11-4-. The van der Waals surface area contributed by atoms with Gasteiger partial charge in [0.1, 0.15) is 11.2 Å². The number of hydrogen-bond acceptors (Lipinski definition) is 3. The molecular formula is C9H12N2O. The second-order valence-corrected chi connectivity index (χ2v) is 2.24. The van der Waals surface area contributed by atoms with E-state index in [1.54, 1.807) is 12.5 Å². The van der Waals surface area contributed by atoms with E-state index in [9.17, 15) is 0 Å². The van der Waals surface area contributed by atoms with Gasteiger partial charge in [0.15, 0.2) is 0 Å². The van der Waals surface area contributed by atoms with Crippen molar-refractivity contribution in [3.63, 3.8) is 0 Å². The van der Waals surface area contributed by atoms with Gasteiger partial charge in [-0.3, -0.25) is 0 Å². The second kappa shape index (κ2) is 3.76. The molecule has 0 aliphatic rings. The molecule has 1 heterocycles. The van der Waals surface area contributed by atoms with Gasteiger partial charge >= 0.3 is 0 Å². The molecule has 3 nitrogen and oxygen atoms in total. The van der Waals surface area contributed by atoms with Crippen LogP contribution in [0, 0.1) is 0 Å². The number of nitrogens with one attached hydrogen (secondary N) is 1. The van der Waals surface area contributed by atoms with E-state index in [0.717, 1.165) is 11.0 Å². The Labute approximate surface area is 71.1 Å². The fraction of sp³-hybridized carbons (Fsp3) is 0.222. The molecule has 1 aromatic heterocycles. The van der Waals surface area contributed by atoms with Crippen LogP contribution in [0.3, 0.4) is 0 Å². The third-order valence-electron chi connectivity index (χ3n) is 1.50. The van der Waals surface area contributed by atoms with Gasteiger partial charge in [-0.15, -0.1) is 0 Å². The van der Waals surface area contributed by atoms with Crippen molar-refractivity contribution in [2.45, 2.75) is 6.92 Å². The molecule has 64 valence electrons. The Kier molecular flexibility index (Phi) is 2.69. The lowest BCUT2D eigenvalue weighted by Crippen LogP contribution is -2.25. The third kappa shape index (κ3) is 1.56. The Hall–Kier alpha value is -1.51. The molecule has 0 unspecified atom stereocenters. The maximum Gasteiger partial charge on any atom is 0.136 e. The largest absolute Gasteiger partial charge is 0.465 e. The second-order valence-electron chi connectivity index (χ2n) is 2.24. The average molecular weight is 164 g/mol. The first-order valence-corrected chi connectivity index (χ1v) is 3.72. The van der Waals surface area contributed by atoms with Crippen LogP contribution in [0.4, 0.5) is 0 Å². The van der Waals surface area contributed by atoms with Crippen LogP contribution >= 0.6 is 0 Å². The summed E-state index contributed by atoms with van der Waals surface area (Å²) in [5, 5.41) is 3.86. The van der Waals surface area contributed by atoms with E-state index in [-0.39, 0.29) is 0 Å². The van der Waals surface area contributed by atoms with Crippen LogP contribution in [0.2, 0.25) is 0 Å². The molecule has 1 rings (SSSR count). The van der Waals surface area contributed by atoms with Crippen LogP contribution in [0.25, 0.3) is 12.4 Å². The monoisotopic (exact) mass is 164 g/mol. The Morgan fingerprint density at radius 1 is 1.75 bits per heavy atom. The minimum Gasteiger partial charge on any atom is -0.465 e. The molecule has 0 saturated heterocycles. The van der Waals surface area contributed by atoms with Crippen LogP contribution in [0.1, 0.15) is 6.92 Å². The van der Waals surface area contributed by atoms with E-state index in [1.165, 1.54) is 0 Å². The molecule has 0 saturated carbocycles. The summed E-state index contributed by atoms with van der Waals surface area (Å²) < 4.78 is 5.05. The van der Waals surface area contributed by atoms with Gasteiger partial charge in [-0.05, 0) is 13.0 Å². The van der Waals surface area contributed by atoms with Crippen molar-refractivity contribution in [3.05, 3.63) is 23.0 Å². The maximum absolute atomic E-state index is 5.05. The highest BCUT2D eigenvalue weighted by molar-refractivity contribution is 5.62. The molecule has 0 amide bonds. The van der Waals surface area contributed by atoms with Crippen LogP contribution < -0.4 is 16.0 Å². The Balaban J connectivity index is 3.37. The third-order valence-corrected chi connectivity index (χ3v) is 1.50. The van der Waals surface area contributed by atoms with Crippen molar-refractivity contribution in [2.24, 2.45) is 4.99 Å². The lowest BCUT2D eigenvalue weighted by atomic mass is 10.4. The highest BCUT2D eigenvalue weighted by atomic mass is 16.3. The molecular weight excluding hydrogens is 152 g/mol. The zero-order chi connectivity index (χ0) is 8.97. The number of rotatable bonds is 2. The lowest BCUT2D eigenvalue weighted by molar-refractivity contribution is 0.532. The van der Waals surface area contributed by atoms with Crippen molar-refractivity contribution in [2.75, 3.05) is 7.05 Å². The summed E-state index contributed by atoms with van der Waals surface area (Å²) in [5.41, 5.74) is 0.630. The summed E-state index contributed by atoms with van der Waals surface area (Å²) in [7, 11) is 1.81. The van der Waals surface area contributed by atoms with Gasteiger partial charge in [-0.25, -0.2) is 4.99 Å². The van der Waals surface area contributed by atoms with E-state index >= 15 is 0 Å². The van der Waals surface area contributed by atoms with Crippen LogP contribution in [0.5, 0.6) is 0 Å². The van der Waals surface area contributed by atoms with Crippen molar-refractivity contribution in [1.29, 1.82) is 0 Å². The highest BCUT2D eigenvalue weighted by Gasteiger charge is 1.93. The average Bonchev–Trinajstić information content (AvgIpc) is 2.47. The first-order valence-electron chi connectivity index (χ1n) is 3.72. The lowest BCUT2D eigenvalue weighted by Gasteiger charge is -1.95. The van der Waals surface area contributed by atoms with E-state index in [1.807, 2.05) is 20.0 Å². The molecule has 0 atom stereocenters. The quantitative estimate of drug-likeness (QED) is 0.628. The fourth-order valence-electron chi connectivity index (χ4n) is 0.949. The van der Waals surface area contributed by atoms with Gasteiger partial charge in [0, 0.05) is 13.3 Å². The van der Waals surface area contributed by atoms with Crippen LogP contribution in [-0.4, -0.2) is 13.3 Å². The van der Waals surface area contributed by atoms with Gasteiger partial charge in [-0.1, -0.05) is 6.58 Å². The molecule has 0 spiro atoms. The van der Waals surface area contributed by atoms with Crippen molar-refractivity contribution < 1.29 is 4.42 Å². The predicted octanol–water partition coefficient (Wildman–Crippen LogP) is 0.0657. The minimum atomic E-state index is 0.630. The smallest absolute Gasteiger partial charge is 0.136 e. The van der Waals surface area contributed by atoms with Crippen molar-refractivity contribution >= 4 is 18.6 Å². The maximum atomic E-state index is 5.05. The summed E-state index contributed by atoms with van der Waals surface area (Å²) in [6.07, 6.45) is 3.32. The molecule has 0 aliphatic heterocycles. The molecule has 0 radical (unpaired) electrons. The first kappa shape index (κ1) is 8.59. The number of furan rings is 1. The Bertz CT molecular complexity index is 375. The number of aliphatic imine (C=N–C) groups is 1. The summed E-state index contributed by atoms with van der Waals surface area (Å²) >= 11 is 0. The van der Waals surface area contributed by atoms with E-state index in [4.69, 9.17) is 4.42 Å². The molecule has 0 fully saturated rings. The molecule has 3 heteroatoms. The highest BCUT2D eigenvalue weighted by Crippen LogP contribution is 1.84. The van der Waals surface area contributed by atoms with Gasteiger partial charge < -0.3 is 9.73 Å². The van der Waals surface area contributed by atoms with Crippen molar-refractivity contribution in [3.8, 4) is 0 Å². The summed E-state index contributed by atoms with van der Waals surface area (Å²) in [5.74, 6) is 0.774. The zero-order valence-electron chi connectivity index (χ0n) is 7.29. The predicted molar refractivity (Wildman–Crippen MR) is 50.1 cm³/mol. The Morgan fingerprint density at radius 3 is 2.92 bits per heavy atom. The number of nitrogens with zero attached hydrogens (tertiary/aromatic N) is 1. The van der Waals surface area contributed by atoms with E-state index < -0.39 is 0 Å². The van der Waals surface area contributed by atoms with E-state index in [0.29, 0.717) is 5.42 Å². The minimum absolute atomic E-state index is 0.630. The van der Waals surface area contributed by atoms with Crippen LogP contribution in [-0.2, 0) is 0 Å². The topological polar surface area (TPSA) is 37.5 Å². The number of hydrogen-bond donors (Lipinski definition) is 1. The first-order chi connectivity index (χ1) is 5.79. The Morgan fingerprint density at radius 2 is 2.50 bits per heavy atom. The zero-order valence-corrected chi connectivity index (χ0v) is 7.29. The fourth-order valence-corrected chi connectivity index (χ4v) is 0.949. The molecule has 0 aromatic carbocycles. The summed E-state index contributed by atoms with van der Waals surface area (Å²) in [4.78, 5) is 4.13. The molecule has 0 aliphatic carbocycles. The van der Waals surface area contributed by atoms with Gasteiger partial charge in [0.05, 0.1) is 11.5 Å². The van der Waals surface area contributed by atoms with Crippen molar-refractivity contribution in [1.82, 2.24) is 5.32 Å². The summed E-state index contributed by atoms with van der Waals surface area (Å²) in [6.45, 7) is 5.59. The normalized spacial score (nSPS) is 13.5. The van der Waals surface area contributed by atoms with Gasteiger partial charge in [-0.2, -0.15) is 0 Å². The molecule has 1 aromatic rings. The molecule has 1 N–H and O–H groups in total. The molecule has 0 bridgehead atoms. The van der Waals surface area contributed by atoms with Gasteiger partial charge in [0.2, 0.25) is 0 Å².